The molecule has 0 amide bonds. The maximum atomic E-state index is 5.44. The lowest BCUT2D eigenvalue weighted by molar-refractivity contribution is 0.122. The summed E-state index contributed by atoms with van der Waals surface area (Å²) in [6.45, 7) is 6.16. The van der Waals surface area contributed by atoms with E-state index in [4.69, 9.17) is 9.72 Å². The van der Waals surface area contributed by atoms with Crippen LogP contribution in [-0.4, -0.2) is 41.3 Å². The van der Waals surface area contributed by atoms with Crippen molar-refractivity contribution >= 4 is 33.8 Å². The molecular weight excluding hydrogens is 432 g/mol. The van der Waals surface area contributed by atoms with Gasteiger partial charge >= 0.3 is 0 Å². The Labute approximate surface area is 197 Å². The van der Waals surface area contributed by atoms with E-state index in [1.54, 1.807) is 17.5 Å². The lowest BCUT2D eigenvalue weighted by atomic mass is 10.2. The maximum Gasteiger partial charge on any atom is 0.227 e. The zero-order valence-electron chi connectivity index (χ0n) is 18.5. The van der Waals surface area contributed by atoms with Crippen molar-refractivity contribution < 1.29 is 4.74 Å². The first-order chi connectivity index (χ1) is 16.2. The Balaban J connectivity index is 1.27. The molecule has 0 bridgehead atoms. The van der Waals surface area contributed by atoms with Crippen molar-refractivity contribution in [2.45, 2.75) is 13.5 Å². The second-order valence-corrected chi connectivity index (χ2v) is 8.81. The molecule has 5 rings (SSSR count). The summed E-state index contributed by atoms with van der Waals surface area (Å²) >= 11 is 1.61. The van der Waals surface area contributed by atoms with Gasteiger partial charge in [0.1, 0.15) is 0 Å². The minimum atomic E-state index is 0.568. The van der Waals surface area contributed by atoms with E-state index in [2.05, 4.69) is 61.9 Å². The normalized spacial score (nSPS) is 13.7. The van der Waals surface area contributed by atoms with E-state index in [-0.39, 0.29) is 0 Å². The fourth-order valence-corrected chi connectivity index (χ4v) is 4.67. The molecule has 1 aliphatic heterocycles. The first kappa shape index (κ1) is 21.4. The molecule has 2 aromatic heterocycles. The summed E-state index contributed by atoms with van der Waals surface area (Å²) in [6, 6.07) is 20.6. The first-order valence-electron chi connectivity index (χ1n) is 11.0. The molecule has 168 valence electrons. The van der Waals surface area contributed by atoms with Gasteiger partial charge in [-0.25, -0.2) is 15.0 Å². The molecule has 7 nitrogen and oxygen atoms in total. The molecule has 0 unspecified atom stereocenters. The summed E-state index contributed by atoms with van der Waals surface area (Å²) in [5, 5.41) is 7.62. The minimum Gasteiger partial charge on any atom is -0.378 e. The molecule has 1 saturated heterocycles. The number of aryl methyl sites for hydroxylation is 1. The monoisotopic (exact) mass is 458 g/mol. The number of rotatable bonds is 7. The molecular formula is C25H26N6OS. The summed E-state index contributed by atoms with van der Waals surface area (Å²) in [6.07, 6.45) is 1.78. The van der Waals surface area contributed by atoms with Crippen LogP contribution < -0.4 is 15.5 Å². The maximum absolute atomic E-state index is 5.44. The van der Waals surface area contributed by atoms with Crippen LogP contribution in [0.5, 0.6) is 0 Å². The van der Waals surface area contributed by atoms with E-state index in [9.17, 15) is 0 Å². The van der Waals surface area contributed by atoms with Crippen molar-refractivity contribution in [3.05, 3.63) is 78.1 Å². The molecule has 2 N–H and O–H groups in total. The van der Waals surface area contributed by atoms with Gasteiger partial charge in [-0.1, -0.05) is 41.7 Å². The minimum absolute atomic E-state index is 0.568. The molecule has 0 radical (unpaired) electrons. The Kier molecular flexibility index (Phi) is 6.46. The van der Waals surface area contributed by atoms with Gasteiger partial charge in [0.2, 0.25) is 5.95 Å². The third-order valence-corrected chi connectivity index (χ3v) is 6.61. The van der Waals surface area contributed by atoms with Gasteiger partial charge in [-0.2, -0.15) is 0 Å². The highest BCUT2D eigenvalue weighted by Gasteiger charge is 2.13. The average Bonchev–Trinajstić information content (AvgIpc) is 3.25. The number of ether oxygens (including phenoxy) is 1. The first-order valence-corrected chi connectivity index (χ1v) is 11.8. The van der Waals surface area contributed by atoms with E-state index in [1.165, 1.54) is 11.3 Å². The van der Waals surface area contributed by atoms with Gasteiger partial charge in [0.05, 0.1) is 29.5 Å². The van der Waals surface area contributed by atoms with Gasteiger partial charge < -0.3 is 20.3 Å². The highest BCUT2D eigenvalue weighted by molar-refractivity contribution is 7.19. The summed E-state index contributed by atoms with van der Waals surface area (Å²) in [4.78, 5) is 17.2. The molecule has 1 fully saturated rings. The molecule has 1 aliphatic rings. The smallest absolute Gasteiger partial charge is 0.227 e. The van der Waals surface area contributed by atoms with Crippen molar-refractivity contribution in [3.8, 4) is 10.6 Å². The summed E-state index contributed by atoms with van der Waals surface area (Å²) in [7, 11) is 0. The summed E-state index contributed by atoms with van der Waals surface area (Å²) in [5.74, 6) is 0.568. The predicted molar refractivity (Wildman–Crippen MR) is 134 cm³/mol. The van der Waals surface area contributed by atoms with Crippen LogP contribution in [0.1, 0.15) is 11.3 Å². The van der Waals surface area contributed by atoms with E-state index < -0.39 is 0 Å². The van der Waals surface area contributed by atoms with Gasteiger partial charge in [-0.05, 0) is 42.8 Å². The Hall–Kier alpha value is -3.49. The Morgan fingerprint density at radius 1 is 0.970 bits per heavy atom. The van der Waals surface area contributed by atoms with E-state index in [0.29, 0.717) is 5.95 Å². The number of hydrogen-bond donors (Lipinski definition) is 2. The summed E-state index contributed by atoms with van der Waals surface area (Å²) < 4.78 is 5.44. The average molecular weight is 459 g/mol. The Morgan fingerprint density at radius 3 is 2.55 bits per heavy atom. The van der Waals surface area contributed by atoms with Crippen LogP contribution in [0.3, 0.4) is 0 Å². The van der Waals surface area contributed by atoms with Crippen LogP contribution in [0.2, 0.25) is 0 Å². The highest BCUT2D eigenvalue weighted by Crippen LogP contribution is 2.32. The molecule has 33 heavy (non-hydrogen) atoms. The lowest BCUT2D eigenvalue weighted by Crippen LogP contribution is -2.36. The number of aromatic nitrogens is 3. The van der Waals surface area contributed by atoms with Gasteiger partial charge in [-0.15, -0.1) is 0 Å². The van der Waals surface area contributed by atoms with Crippen molar-refractivity contribution in [3.63, 3.8) is 0 Å². The molecule has 2 aromatic carbocycles. The number of nitrogens with one attached hydrogen (secondary N) is 2. The topological polar surface area (TPSA) is 75.2 Å². The predicted octanol–water partition coefficient (Wildman–Crippen LogP) is 5.10. The molecule has 4 aromatic rings. The van der Waals surface area contributed by atoms with Gasteiger partial charge in [0.15, 0.2) is 5.13 Å². The molecule has 3 heterocycles. The van der Waals surface area contributed by atoms with Crippen LogP contribution in [0.4, 0.5) is 22.5 Å². The summed E-state index contributed by atoms with van der Waals surface area (Å²) in [5.41, 5.74) is 5.19. The van der Waals surface area contributed by atoms with Crippen molar-refractivity contribution in [2.75, 3.05) is 41.8 Å². The number of benzene rings is 2. The van der Waals surface area contributed by atoms with Crippen molar-refractivity contribution in [1.29, 1.82) is 0 Å². The van der Waals surface area contributed by atoms with E-state index in [1.807, 2.05) is 31.2 Å². The van der Waals surface area contributed by atoms with Crippen LogP contribution in [-0.2, 0) is 11.3 Å². The second kappa shape index (κ2) is 9.97. The molecule has 0 saturated carbocycles. The fraction of sp³-hybridized carbons (Fsp3) is 0.240. The molecule has 0 spiro atoms. The standard InChI is InChI=1S/C25H26N6OS/c1-18-23(33-25(28-18)27-17-19-5-3-2-4-6-19)22-11-12-26-24(30-22)29-20-7-9-21(10-8-20)31-13-15-32-16-14-31/h2-12H,13-17H2,1H3,(H,27,28)(H,26,29,30). The molecule has 0 atom stereocenters. The van der Waals surface area contributed by atoms with Gasteiger partial charge in [0, 0.05) is 37.2 Å². The number of hydrogen-bond acceptors (Lipinski definition) is 8. The van der Waals surface area contributed by atoms with Crippen LogP contribution in [0.25, 0.3) is 10.6 Å². The van der Waals surface area contributed by atoms with Crippen LogP contribution in [0, 0.1) is 6.92 Å². The van der Waals surface area contributed by atoms with Crippen LogP contribution >= 0.6 is 11.3 Å². The van der Waals surface area contributed by atoms with Gasteiger partial charge in [-0.3, -0.25) is 0 Å². The third-order valence-electron chi connectivity index (χ3n) is 5.47. The fourth-order valence-electron chi connectivity index (χ4n) is 3.73. The van der Waals surface area contributed by atoms with E-state index >= 15 is 0 Å². The molecule has 0 aliphatic carbocycles. The number of morpholine rings is 1. The van der Waals surface area contributed by atoms with E-state index in [0.717, 1.165) is 59.9 Å². The number of nitrogens with zero attached hydrogens (tertiary/aromatic N) is 4. The zero-order chi connectivity index (χ0) is 22.5. The SMILES string of the molecule is Cc1nc(NCc2ccccc2)sc1-c1ccnc(Nc2ccc(N3CCOCC3)cc2)n1. The van der Waals surface area contributed by atoms with Crippen molar-refractivity contribution in [1.82, 2.24) is 15.0 Å². The zero-order valence-corrected chi connectivity index (χ0v) is 19.3. The number of anilines is 4. The van der Waals surface area contributed by atoms with Crippen LogP contribution in [0.15, 0.2) is 66.9 Å². The second-order valence-electron chi connectivity index (χ2n) is 7.81. The van der Waals surface area contributed by atoms with Crippen molar-refractivity contribution in [2.24, 2.45) is 0 Å². The third kappa shape index (κ3) is 5.30. The number of thiazole rings is 1. The highest BCUT2D eigenvalue weighted by atomic mass is 32.1. The molecule has 8 heteroatoms. The van der Waals surface area contributed by atoms with Gasteiger partial charge in [0.25, 0.3) is 0 Å². The Morgan fingerprint density at radius 2 is 1.76 bits per heavy atom. The largest absolute Gasteiger partial charge is 0.378 e. The quantitative estimate of drug-likeness (QED) is 0.399. The Bertz CT molecular complexity index is 1190. The lowest BCUT2D eigenvalue weighted by Gasteiger charge is -2.28.